The molecule has 2 aliphatic heterocycles. The van der Waals surface area contributed by atoms with Gasteiger partial charge in [0, 0.05) is 25.7 Å². The van der Waals surface area contributed by atoms with E-state index in [-0.39, 0.29) is 6.61 Å². The Balaban J connectivity index is 1.93. The predicted octanol–water partition coefficient (Wildman–Crippen LogP) is 1.07. The molecule has 0 aromatic rings. The molecule has 4 heteroatoms. The molecule has 112 valence electrons. The summed E-state index contributed by atoms with van der Waals surface area (Å²) in [6, 6.07) is 0.472. The molecule has 0 radical (unpaired) electrons. The Morgan fingerprint density at radius 1 is 1.21 bits per heavy atom. The van der Waals surface area contributed by atoms with Crippen LogP contribution in [-0.2, 0) is 0 Å². The summed E-state index contributed by atoms with van der Waals surface area (Å²) < 4.78 is 0. The topological polar surface area (TPSA) is 46.9 Å². The third kappa shape index (κ3) is 4.15. The number of hydrogen-bond donors (Lipinski definition) is 2. The Morgan fingerprint density at radius 2 is 2.05 bits per heavy atom. The second-order valence-corrected chi connectivity index (χ2v) is 6.33. The second-order valence-electron chi connectivity index (χ2n) is 6.33. The molecule has 0 amide bonds. The second kappa shape index (κ2) is 7.02. The summed E-state index contributed by atoms with van der Waals surface area (Å²) in [4.78, 5) is 4.79. The van der Waals surface area contributed by atoms with E-state index in [0.29, 0.717) is 6.04 Å². The van der Waals surface area contributed by atoms with Crippen molar-refractivity contribution in [1.29, 1.82) is 0 Å². The highest BCUT2D eigenvalue weighted by atomic mass is 16.3. The molecule has 2 fully saturated rings. The first kappa shape index (κ1) is 15.2. The number of nitrogens with zero attached hydrogens (tertiary/aromatic N) is 2. The number of aliphatic hydroxyl groups excluding tert-OH is 1. The molecule has 2 heterocycles. The van der Waals surface area contributed by atoms with Crippen LogP contribution in [0.2, 0.25) is 0 Å². The number of likely N-dealkylation sites (N-methyl/N-ethyl adjacent to an activating group) is 1. The summed E-state index contributed by atoms with van der Waals surface area (Å²) in [6.07, 6.45) is 6.55. The van der Waals surface area contributed by atoms with Crippen molar-refractivity contribution in [2.24, 2.45) is 0 Å². The van der Waals surface area contributed by atoms with Crippen LogP contribution in [0.5, 0.6) is 0 Å². The number of likely N-dealkylation sites (tertiary alicyclic amines) is 2. The fraction of sp³-hybridized carbons (Fsp3) is 1.00. The lowest BCUT2D eigenvalue weighted by molar-refractivity contribution is -0.0656. The average Bonchev–Trinajstić information content (AvgIpc) is 2.41. The molecule has 4 nitrogen and oxygen atoms in total. The zero-order chi connectivity index (χ0) is 13.7. The largest absolute Gasteiger partial charge is 0.396 e. The van der Waals surface area contributed by atoms with Gasteiger partial charge >= 0.3 is 0 Å². The van der Waals surface area contributed by atoms with Crippen molar-refractivity contribution in [2.45, 2.75) is 57.1 Å². The normalized spacial score (nSPS) is 34.6. The van der Waals surface area contributed by atoms with Gasteiger partial charge < -0.3 is 15.1 Å². The summed E-state index contributed by atoms with van der Waals surface area (Å²) in [5.41, 5.74) is -0.542. The minimum absolute atomic E-state index is 0.265. The fourth-order valence-electron chi connectivity index (χ4n) is 3.73. The Labute approximate surface area is 117 Å². The van der Waals surface area contributed by atoms with Gasteiger partial charge in [-0.3, -0.25) is 4.90 Å². The summed E-state index contributed by atoms with van der Waals surface area (Å²) in [7, 11) is 0. The zero-order valence-electron chi connectivity index (χ0n) is 12.4. The van der Waals surface area contributed by atoms with E-state index in [9.17, 15) is 10.2 Å². The molecule has 2 aliphatic rings. The lowest BCUT2D eigenvalue weighted by Gasteiger charge is -2.45. The first-order valence-corrected chi connectivity index (χ1v) is 7.96. The first-order valence-electron chi connectivity index (χ1n) is 7.96. The quantitative estimate of drug-likeness (QED) is 0.784. The van der Waals surface area contributed by atoms with Crippen molar-refractivity contribution in [2.75, 3.05) is 39.3 Å². The first-order chi connectivity index (χ1) is 9.17. The molecule has 0 bridgehead atoms. The number of piperidine rings is 2. The zero-order valence-corrected chi connectivity index (χ0v) is 12.4. The lowest BCUT2D eigenvalue weighted by Crippen LogP contribution is -2.56. The van der Waals surface area contributed by atoms with E-state index in [1.807, 2.05) is 0 Å². The minimum Gasteiger partial charge on any atom is -0.396 e. The van der Waals surface area contributed by atoms with Crippen molar-refractivity contribution in [3.63, 3.8) is 0 Å². The van der Waals surface area contributed by atoms with E-state index in [1.54, 1.807) is 0 Å². The molecular formula is C15H30N2O2. The molecule has 0 aromatic carbocycles. The highest BCUT2D eigenvalue weighted by Gasteiger charge is 2.36. The van der Waals surface area contributed by atoms with Crippen molar-refractivity contribution in [3.8, 4) is 0 Å². The molecule has 0 saturated carbocycles. The Hall–Kier alpha value is -0.160. The van der Waals surface area contributed by atoms with Crippen LogP contribution < -0.4 is 0 Å². The molecule has 0 aliphatic carbocycles. The lowest BCUT2D eigenvalue weighted by atomic mass is 9.89. The van der Waals surface area contributed by atoms with Crippen LogP contribution in [-0.4, -0.2) is 71.0 Å². The predicted molar refractivity (Wildman–Crippen MR) is 77.2 cm³/mol. The smallest absolute Gasteiger partial charge is 0.0900 e. The van der Waals surface area contributed by atoms with Gasteiger partial charge in [0.1, 0.15) is 0 Å². The molecular weight excluding hydrogens is 240 g/mol. The van der Waals surface area contributed by atoms with Gasteiger partial charge in [-0.2, -0.15) is 0 Å². The number of aliphatic hydroxyl groups is 2. The van der Waals surface area contributed by atoms with Gasteiger partial charge in [-0.1, -0.05) is 13.3 Å². The third-order valence-electron chi connectivity index (χ3n) is 4.79. The van der Waals surface area contributed by atoms with E-state index in [1.165, 1.54) is 19.3 Å². The van der Waals surface area contributed by atoms with Crippen molar-refractivity contribution >= 4 is 0 Å². The van der Waals surface area contributed by atoms with E-state index >= 15 is 0 Å². The third-order valence-corrected chi connectivity index (χ3v) is 4.79. The summed E-state index contributed by atoms with van der Waals surface area (Å²) >= 11 is 0. The molecule has 2 rings (SSSR count). The van der Waals surface area contributed by atoms with Gasteiger partial charge in [0.2, 0.25) is 0 Å². The molecule has 2 saturated heterocycles. The fourth-order valence-corrected chi connectivity index (χ4v) is 3.73. The molecule has 0 spiro atoms. The highest BCUT2D eigenvalue weighted by Crippen LogP contribution is 2.27. The number of rotatable bonds is 5. The standard InChI is InChI=1S/C15H30N2O2/c1-2-16-9-5-8-15(19,12-16)13-17-10-4-3-6-14(17)7-11-18/h14,18-19H,2-13H2,1H3. The van der Waals surface area contributed by atoms with Crippen LogP contribution in [0.15, 0.2) is 0 Å². The molecule has 19 heavy (non-hydrogen) atoms. The van der Waals surface area contributed by atoms with Gasteiger partial charge in [-0.05, 0) is 51.7 Å². The van der Waals surface area contributed by atoms with Crippen molar-refractivity contribution in [3.05, 3.63) is 0 Å². The molecule has 2 atom stereocenters. The van der Waals surface area contributed by atoms with E-state index < -0.39 is 5.60 Å². The van der Waals surface area contributed by atoms with Crippen LogP contribution >= 0.6 is 0 Å². The Bertz CT molecular complexity index is 273. The van der Waals surface area contributed by atoms with E-state index in [4.69, 9.17) is 0 Å². The van der Waals surface area contributed by atoms with Crippen LogP contribution in [0.3, 0.4) is 0 Å². The summed E-state index contributed by atoms with van der Waals surface area (Å²) in [6.45, 7) is 7.27. The molecule has 0 aromatic heterocycles. The van der Waals surface area contributed by atoms with Gasteiger partial charge in [0.25, 0.3) is 0 Å². The van der Waals surface area contributed by atoms with E-state index in [0.717, 1.165) is 52.0 Å². The van der Waals surface area contributed by atoms with Crippen molar-refractivity contribution < 1.29 is 10.2 Å². The van der Waals surface area contributed by atoms with Crippen LogP contribution in [0, 0.1) is 0 Å². The Morgan fingerprint density at radius 3 is 2.79 bits per heavy atom. The molecule has 2 N–H and O–H groups in total. The number of β-amino-alcohol motifs (C(OH)–C–C–N with tert-alkyl or cyclic N) is 1. The van der Waals surface area contributed by atoms with Gasteiger partial charge in [0.15, 0.2) is 0 Å². The van der Waals surface area contributed by atoms with Crippen molar-refractivity contribution in [1.82, 2.24) is 9.80 Å². The maximum absolute atomic E-state index is 10.9. The van der Waals surface area contributed by atoms with E-state index in [2.05, 4.69) is 16.7 Å². The molecule has 2 unspecified atom stereocenters. The van der Waals surface area contributed by atoms with Gasteiger partial charge in [0.05, 0.1) is 5.60 Å². The van der Waals surface area contributed by atoms with Gasteiger partial charge in [-0.15, -0.1) is 0 Å². The highest BCUT2D eigenvalue weighted by molar-refractivity contribution is 4.92. The number of hydrogen-bond acceptors (Lipinski definition) is 4. The van der Waals surface area contributed by atoms with Crippen LogP contribution in [0.1, 0.15) is 45.4 Å². The summed E-state index contributed by atoms with van der Waals surface area (Å²) in [5, 5.41) is 20.1. The minimum atomic E-state index is -0.542. The summed E-state index contributed by atoms with van der Waals surface area (Å²) in [5.74, 6) is 0. The average molecular weight is 270 g/mol. The maximum Gasteiger partial charge on any atom is 0.0900 e. The SMILES string of the molecule is CCN1CCCC(O)(CN2CCCCC2CCO)C1. The van der Waals surface area contributed by atoms with Gasteiger partial charge in [-0.25, -0.2) is 0 Å². The van der Waals surface area contributed by atoms with Crippen LogP contribution in [0.25, 0.3) is 0 Å². The maximum atomic E-state index is 10.9. The monoisotopic (exact) mass is 270 g/mol. The van der Waals surface area contributed by atoms with Crippen LogP contribution in [0.4, 0.5) is 0 Å². The Kier molecular flexibility index (Phi) is 5.63.